The number of para-hydroxylation sites is 2. The monoisotopic (exact) mass is 470 g/mol. The number of hydrogen-bond donors (Lipinski definition) is 2. The van der Waals surface area contributed by atoms with E-state index in [2.05, 4.69) is 31.2 Å². The van der Waals surface area contributed by atoms with Gasteiger partial charge in [-0.25, -0.2) is 0 Å². The van der Waals surface area contributed by atoms with E-state index in [0.717, 1.165) is 20.9 Å². The summed E-state index contributed by atoms with van der Waals surface area (Å²) < 4.78 is 7.32. The van der Waals surface area contributed by atoms with Gasteiger partial charge in [0.05, 0.1) is 30.3 Å². The average Bonchev–Trinajstić information content (AvgIpc) is 2.75. The molecule has 1 aromatic heterocycles. The van der Waals surface area contributed by atoms with Crippen molar-refractivity contribution in [3.8, 4) is 11.4 Å². The van der Waals surface area contributed by atoms with E-state index < -0.39 is 17.2 Å². The summed E-state index contributed by atoms with van der Waals surface area (Å²) in [6.45, 7) is 2.65. The Balaban J connectivity index is 1.65. The molecule has 1 fully saturated rings. The Kier molecular flexibility index (Phi) is 5.82. The van der Waals surface area contributed by atoms with Gasteiger partial charge in [0.1, 0.15) is 0 Å². The lowest BCUT2D eigenvalue weighted by Crippen LogP contribution is -2.36. The maximum atomic E-state index is 12.9. The highest BCUT2D eigenvalue weighted by atomic mass is 79.9. The van der Waals surface area contributed by atoms with Crippen molar-refractivity contribution in [3.63, 3.8) is 0 Å². The molecule has 1 amide bonds. The van der Waals surface area contributed by atoms with Gasteiger partial charge in [0.25, 0.3) is 11.5 Å². The number of benzene rings is 2. The lowest BCUT2D eigenvalue weighted by molar-refractivity contribution is 0.101. The Morgan fingerprint density at radius 2 is 1.80 bits per heavy atom. The van der Waals surface area contributed by atoms with E-state index in [0.29, 0.717) is 37.7 Å². The number of aromatic nitrogens is 2. The SMILES string of the molecule is O=C(Nc1ccccc1N1CCOCC1)c1nn(-c2ccc(Br)cc2)c(=O)cc1O. The molecule has 8 nitrogen and oxygen atoms in total. The van der Waals surface area contributed by atoms with Gasteiger partial charge in [-0.3, -0.25) is 9.59 Å². The van der Waals surface area contributed by atoms with Crippen LogP contribution in [0.2, 0.25) is 0 Å². The summed E-state index contributed by atoms with van der Waals surface area (Å²) in [7, 11) is 0. The van der Waals surface area contributed by atoms with Crippen molar-refractivity contribution in [2.75, 3.05) is 36.5 Å². The van der Waals surface area contributed by atoms with Crippen LogP contribution in [0.5, 0.6) is 5.75 Å². The number of nitrogens with one attached hydrogen (secondary N) is 1. The van der Waals surface area contributed by atoms with Gasteiger partial charge in [0, 0.05) is 23.6 Å². The van der Waals surface area contributed by atoms with Crippen molar-refractivity contribution in [3.05, 3.63) is 75.1 Å². The first-order valence-electron chi connectivity index (χ1n) is 9.35. The van der Waals surface area contributed by atoms with E-state index >= 15 is 0 Å². The van der Waals surface area contributed by atoms with Crippen molar-refractivity contribution >= 4 is 33.2 Å². The molecule has 154 valence electrons. The van der Waals surface area contributed by atoms with E-state index in [1.165, 1.54) is 0 Å². The van der Waals surface area contributed by atoms with Crippen molar-refractivity contribution in [1.29, 1.82) is 0 Å². The molecule has 2 N–H and O–H groups in total. The van der Waals surface area contributed by atoms with Crippen LogP contribution in [0.1, 0.15) is 10.5 Å². The van der Waals surface area contributed by atoms with Gasteiger partial charge < -0.3 is 20.1 Å². The maximum Gasteiger partial charge on any atom is 0.280 e. The molecule has 0 saturated carbocycles. The second-order valence-electron chi connectivity index (χ2n) is 6.68. The summed E-state index contributed by atoms with van der Waals surface area (Å²) in [6.07, 6.45) is 0. The Morgan fingerprint density at radius 1 is 1.10 bits per heavy atom. The van der Waals surface area contributed by atoms with E-state index in [1.54, 1.807) is 30.3 Å². The zero-order valence-electron chi connectivity index (χ0n) is 15.9. The van der Waals surface area contributed by atoms with Gasteiger partial charge in [-0.2, -0.15) is 9.78 Å². The van der Waals surface area contributed by atoms with Crippen LogP contribution in [0.4, 0.5) is 11.4 Å². The number of morpholine rings is 1. The lowest BCUT2D eigenvalue weighted by atomic mass is 10.2. The minimum absolute atomic E-state index is 0.241. The topological polar surface area (TPSA) is 96.7 Å². The summed E-state index contributed by atoms with van der Waals surface area (Å²) >= 11 is 3.34. The van der Waals surface area contributed by atoms with Crippen LogP contribution < -0.4 is 15.8 Å². The fraction of sp³-hybridized carbons (Fsp3) is 0.190. The molecule has 0 atom stereocenters. The van der Waals surface area contributed by atoms with Crippen molar-refractivity contribution < 1.29 is 14.6 Å². The van der Waals surface area contributed by atoms with E-state index in [9.17, 15) is 14.7 Å². The first-order valence-corrected chi connectivity index (χ1v) is 10.1. The summed E-state index contributed by atoms with van der Waals surface area (Å²) in [5.41, 5.74) is 1.14. The van der Waals surface area contributed by atoms with Crippen LogP contribution in [0.15, 0.2) is 63.9 Å². The molecule has 0 spiro atoms. The highest BCUT2D eigenvalue weighted by molar-refractivity contribution is 9.10. The first kappa shape index (κ1) is 20.1. The number of carbonyl (C=O) groups excluding carboxylic acids is 1. The number of aromatic hydroxyl groups is 1. The first-order chi connectivity index (χ1) is 14.5. The quantitative estimate of drug-likeness (QED) is 0.608. The standard InChI is InChI=1S/C21H19BrN4O4/c22-14-5-7-15(8-6-14)26-19(28)13-18(27)20(24-26)21(29)23-16-3-1-2-4-17(16)25-9-11-30-12-10-25/h1-8,13,27H,9-12H2,(H,23,29). The number of ether oxygens (including phenoxy) is 1. The van der Waals surface area contributed by atoms with Crippen molar-refractivity contribution in [1.82, 2.24) is 9.78 Å². The number of carbonyl (C=O) groups is 1. The smallest absolute Gasteiger partial charge is 0.280 e. The Labute approximate surface area is 180 Å². The van der Waals surface area contributed by atoms with Crippen LogP contribution in [-0.4, -0.2) is 47.1 Å². The molecule has 1 saturated heterocycles. The second kappa shape index (κ2) is 8.68. The fourth-order valence-electron chi connectivity index (χ4n) is 3.22. The summed E-state index contributed by atoms with van der Waals surface area (Å²) in [6, 6.07) is 15.3. The second-order valence-corrected chi connectivity index (χ2v) is 7.59. The van der Waals surface area contributed by atoms with Crippen LogP contribution in [0, 0.1) is 0 Å². The number of anilines is 2. The molecule has 0 radical (unpaired) electrons. The lowest BCUT2D eigenvalue weighted by Gasteiger charge is -2.30. The normalized spacial score (nSPS) is 13.8. The molecule has 9 heteroatoms. The predicted octanol–water partition coefficient (Wildman–Crippen LogP) is 2.79. The Hall–Kier alpha value is -3.17. The fourth-order valence-corrected chi connectivity index (χ4v) is 3.48. The average molecular weight is 471 g/mol. The van der Waals surface area contributed by atoms with Gasteiger partial charge in [-0.05, 0) is 36.4 Å². The number of halogens is 1. The van der Waals surface area contributed by atoms with Gasteiger partial charge in [-0.1, -0.05) is 28.1 Å². The third-order valence-electron chi connectivity index (χ3n) is 4.70. The summed E-state index contributed by atoms with van der Waals surface area (Å²) in [5, 5.41) is 17.1. The zero-order valence-corrected chi connectivity index (χ0v) is 17.5. The number of rotatable bonds is 4. The summed E-state index contributed by atoms with van der Waals surface area (Å²) in [4.78, 5) is 27.3. The molecule has 0 unspecified atom stereocenters. The predicted molar refractivity (Wildman–Crippen MR) is 117 cm³/mol. The molecule has 0 bridgehead atoms. The van der Waals surface area contributed by atoms with Crippen LogP contribution in [0.25, 0.3) is 5.69 Å². The van der Waals surface area contributed by atoms with Gasteiger partial charge >= 0.3 is 0 Å². The molecular weight excluding hydrogens is 452 g/mol. The third-order valence-corrected chi connectivity index (χ3v) is 5.23. The number of nitrogens with zero attached hydrogens (tertiary/aromatic N) is 3. The van der Waals surface area contributed by atoms with Gasteiger partial charge in [-0.15, -0.1) is 0 Å². The molecule has 2 aromatic carbocycles. The van der Waals surface area contributed by atoms with Gasteiger partial charge in [0.2, 0.25) is 0 Å². The van der Waals surface area contributed by atoms with Crippen molar-refractivity contribution in [2.24, 2.45) is 0 Å². The molecule has 30 heavy (non-hydrogen) atoms. The van der Waals surface area contributed by atoms with E-state index in [-0.39, 0.29) is 5.69 Å². The number of hydrogen-bond acceptors (Lipinski definition) is 6. The molecule has 4 rings (SSSR count). The zero-order chi connectivity index (χ0) is 21.1. The van der Waals surface area contributed by atoms with Gasteiger partial charge in [0.15, 0.2) is 11.4 Å². The molecule has 3 aromatic rings. The highest BCUT2D eigenvalue weighted by Crippen LogP contribution is 2.27. The van der Waals surface area contributed by atoms with Crippen molar-refractivity contribution in [2.45, 2.75) is 0 Å². The van der Waals surface area contributed by atoms with Crippen LogP contribution >= 0.6 is 15.9 Å². The molecule has 0 aliphatic carbocycles. The number of amides is 1. The Bertz CT molecular complexity index is 1120. The minimum Gasteiger partial charge on any atom is -0.505 e. The largest absolute Gasteiger partial charge is 0.505 e. The molecule has 2 heterocycles. The van der Waals surface area contributed by atoms with E-state index in [4.69, 9.17) is 4.74 Å². The van der Waals surface area contributed by atoms with E-state index in [1.807, 2.05) is 18.2 Å². The molecule has 1 aliphatic rings. The molecular formula is C21H19BrN4O4. The highest BCUT2D eigenvalue weighted by Gasteiger charge is 2.20. The molecule has 1 aliphatic heterocycles. The third kappa shape index (κ3) is 4.22. The van der Waals surface area contributed by atoms with Crippen LogP contribution in [-0.2, 0) is 4.74 Å². The van der Waals surface area contributed by atoms with Crippen LogP contribution in [0.3, 0.4) is 0 Å². The summed E-state index contributed by atoms with van der Waals surface area (Å²) in [5.74, 6) is -1.09. The maximum absolute atomic E-state index is 12.9. The minimum atomic E-state index is -0.612. The Morgan fingerprint density at radius 3 is 2.53 bits per heavy atom.